The number of hydrogen-bond acceptors (Lipinski definition) is 6. The number of methoxy groups -OCH3 is 2. The lowest BCUT2D eigenvalue weighted by Gasteiger charge is -2.08. The maximum atomic E-state index is 5.48. The fourth-order valence-electron chi connectivity index (χ4n) is 3.32. The van der Waals surface area contributed by atoms with Gasteiger partial charge in [-0.15, -0.1) is 11.3 Å². The first-order valence-electron chi connectivity index (χ1n) is 9.13. The summed E-state index contributed by atoms with van der Waals surface area (Å²) in [5.74, 6) is 1.46. The number of anilines is 1. The van der Waals surface area contributed by atoms with Crippen molar-refractivity contribution in [2.45, 2.75) is 6.92 Å². The van der Waals surface area contributed by atoms with Crippen LogP contribution >= 0.6 is 11.3 Å². The van der Waals surface area contributed by atoms with Crippen LogP contribution in [0.15, 0.2) is 52.9 Å². The second-order valence-electron chi connectivity index (χ2n) is 6.55. The van der Waals surface area contributed by atoms with Gasteiger partial charge in [-0.05, 0) is 25.1 Å². The van der Waals surface area contributed by atoms with Gasteiger partial charge in [0.25, 0.3) is 0 Å². The van der Waals surface area contributed by atoms with Gasteiger partial charge < -0.3 is 14.0 Å². The highest BCUT2D eigenvalue weighted by molar-refractivity contribution is 7.14. The average molecular weight is 407 g/mol. The number of para-hydroxylation sites is 1. The number of nitrogens with zero attached hydrogens (tertiary/aromatic N) is 3. The Morgan fingerprint density at radius 3 is 2.76 bits per heavy atom. The molecule has 0 saturated heterocycles. The average Bonchev–Trinajstić information content (AvgIpc) is 3.32. The molecule has 0 saturated carbocycles. The number of hydrazone groups is 1. The van der Waals surface area contributed by atoms with E-state index in [1.54, 1.807) is 14.2 Å². The minimum atomic E-state index is 0.715. The zero-order valence-electron chi connectivity index (χ0n) is 16.8. The van der Waals surface area contributed by atoms with E-state index in [9.17, 15) is 0 Å². The Hall–Kier alpha value is -3.32. The molecular formula is C22H22N4O2S. The van der Waals surface area contributed by atoms with E-state index in [1.807, 2.05) is 41.9 Å². The summed E-state index contributed by atoms with van der Waals surface area (Å²) in [6.45, 7) is 2.10. The molecule has 0 amide bonds. The molecule has 0 aliphatic rings. The Morgan fingerprint density at radius 2 is 1.97 bits per heavy atom. The van der Waals surface area contributed by atoms with Crippen LogP contribution in [0.5, 0.6) is 11.5 Å². The first-order valence-corrected chi connectivity index (χ1v) is 10.0. The Kier molecular flexibility index (Phi) is 5.22. The molecule has 4 rings (SSSR count). The predicted octanol–water partition coefficient (Wildman–Crippen LogP) is 5.07. The van der Waals surface area contributed by atoms with Crippen molar-refractivity contribution in [2.24, 2.45) is 12.1 Å². The molecule has 7 heteroatoms. The van der Waals surface area contributed by atoms with Crippen molar-refractivity contribution < 1.29 is 9.47 Å². The van der Waals surface area contributed by atoms with Crippen molar-refractivity contribution in [1.29, 1.82) is 0 Å². The molecular weight excluding hydrogens is 384 g/mol. The standard InChI is InChI=1S/C22H22N4O2S/c1-14-18(16-7-5-6-8-20(16)26(14)2)12-23-25-22-24-19(13-29-22)17-10-9-15(27-3)11-21(17)28-4/h5-13H,1-4H3,(H,24,25)/b23-12-. The minimum Gasteiger partial charge on any atom is -0.497 e. The van der Waals surface area contributed by atoms with E-state index in [1.165, 1.54) is 27.9 Å². The van der Waals surface area contributed by atoms with Gasteiger partial charge in [0.05, 0.1) is 26.1 Å². The molecule has 0 aliphatic heterocycles. The van der Waals surface area contributed by atoms with E-state index in [4.69, 9.17) is 9.47 Å². The number of ether oxygens (including phenoxy) is 2. The maximum absolute atomic E-state index is 5.48. The van der Waals surface area contributed by atoms with E-state index < -0.39 is 0 Å². The van der Waals surface area contributed by atoms with E-state index in [0.29, 0.717) is 5.13 Å². The lowest BCUT2D eigenvalue weighted by molar-refractivity contribution is 0.395. The molecule has 0 fully saturated rings. The normalized spacial score (nSPS) is 11.3. The van der Waals surface area contributed by atoms with Gasteiger partial charge in [0.2, 0.25) is 5.13 Å². The third kappa shape index (κ3) is 3.56. The van der Waals surface area contributed by atoms with Crippen LogP contribution in [0.4, 0.5) is 5.13 Å². The Bertz CT molecular complexity index is 1190. The number of aryl methyl sites for hydroxylation is 1. The van der Waals surface area contributed by atoms with Gasteiger partial charge in [-0.3, -0.25) is 5.43 Å². The summed E-state index contributed by atoms with van der Waals surface area (Å²) in [4.78, 5) is 4.63. The van der Waals surface area contributed by atoms with Crippen LogP contribution in [0.3, 0.4) is 0 Å². The molecule has 1 N–H and O–H groups in total. The zero-order valence-corrected chi connectivity index (χ0v) is 17.6. The van der Waals surface area contributed by atoms with Gasteiger partial charge in [-0.1, -0.05) is 18.2 Å². The van der Waals surface area contributed by atoms with Crippen molar-refractivity contribution in [3.63, 3.8) is 0 Å². The Morgan fingerprint density at radius 1 is 1.14 bits per heavy atom. The molecule has 2 aromatic heterocycles. The maximum Gasteiger partial charge on any atom is 0.203 e. The van der Waals surface area contributed by atoms with E-state index in [0.717, 1.165) is 28.3 Å². The highest BCUT2D eigenvalue weighted by Gasteiger charge is 2.12. The first kappa shape index (κ1) is 19.0. The van der Waals surface area contributed by atoms with E-state index in [2.05, 4.69) is 46.2 Å². The molecule has 0 bridgehead atoms. The number of thiazole rings is 1. The van der Waals surface area contributed by atoms with Crippen LogP contribution < -0.4 is 14.9 Å². The van der Waals surface area contributed by atoms with Gasteiger partial charge >= 0.3 is 0 Å². The third-order valence-corrected chi connectivity index (χ3v) is 5.74. The van der Waals surface area contributed by atoms with Gasteiger partial charge in [0, 0.05) is 46.2 Å². The third-order valence-electron chi connectivity index (χ3n) is 4.99. The highest BCUT2D eigenvalue weighted by Crippen LogP contribution is 2.34. The lowest BCUT2D eigenvalue weighted by atomic mass is 10.1. The summed E-state index contributed by atoms with van der Waals surface area (Å²) < 4.78 is 12.9. The van der Waals surface area contributed by atoms with Gasteiger partial charge in [0.1, 0.15) is 11.5 Å². The molecule has 29 heavy (non-hydrogen) atoms. The van der Waals surface area contributed by atoms with Crippen LogP contribution in [0.2, 0.25) is 0 Å². The highest BCUT2D eigenvalue weighted by atomic mass is 32.1. The van der Waals surface area contributed by atoms with Crippen LogP contribution in [-0.2, 0) is 7.05 Å². The van der Waals surface area contributed by atoms with E-state index in [-0.39, 0.29) is 0 Å². The van der Waals surface area contributed by atoms with Crippen molar-refractivity contribution in [3.8, 4) is 22.8 Å². The van der Waals surface area contributed by atoms with Crippen LogP contribution in [0.1, 0.15) is 11.3 Å². The molecule has 4 aromatic rings. The predicted molar refractivity (Wildman–Crippen MR) is 120 cm³/mol. The minimum absolute atomic E-state index is 0.715. The smallest absolute Gasteiger partial charge is 0.203 e. The second-order valence-corrected chi connectivity index (χ2v) is 7.41. The van der Waals surface area contributed by atoms with Crippen molar-refractivity contribution >= 4 is 33.6 Å². The number of nitrogens with one attached hydrogen (secondary N) is 1. The number of hydrogen-bond donors (Lipinski definition) is 1. The van der Waals surface area contributed by atoms with Crippen molar-refractivity contribution in [1.82, 2.24) is 9.55 Å². The monoisotopic (exact) mass is 406 g/mol. The van der Waals surface area contributed by atoms with Gasteiger partial charge in [-0.25, -0.2) is 4.98 Å². The molecule has 148 valence electrons. The van der Waals surface area contributed by atoms with Crippen LogP contribution in [-0.4, -0.2) is 30.0 Å². The van der Waals surface area contributed by atoms with Crippen LogP contribution in [0, 0.1) is 6.92 Å². The molecule has 0 atom stereocenters. The molecule has 2 aromatic carbocycles. The second kappa shape index (κ2) is 7.97. The summed E-state index contributed by atoms with van der Waals surface area (Å²) in [5.41, 5.74) is 8.24. The van der Waals surface area contributed by atoms with Crippen LogP contribution in [0.25, 0.3) is 22.2 Å². The molecule has 6 nitrogen and oxygen atoms in total. The summed E-state index contributed by atoms with van der Waals surface area (Å²) >= 11 is 1.49. The quantitative estimate of drug-likeness (QED) is 0.359. The van der Waals surface area contributed by atoms with E-state index >= 15 is 0 Å². The summed E-state index contributed by atoms with van der Waals surface area (Å²) in [6, 6.07) is 14.0. The molecule has 0 aliphatic carbocycles. The SMILES string of the molecule is COc1ccc(-c2csc(N/N=C\c3c(C)n(C)c4ccccc34)n2)c(OC)c1. The summed E-state index contributed by atoms with van der Waals surface area (Å²) in [6.07, 6.45) is 1.85. The number of rotatable bonds is 6. The molecule has 0 spiro atoms. The largest absolute Gasteiger partial charge is 0.497 e. The molecule has 0 radical (unpaired) electrons. The lowest BCUT2D eigenvalue weighted by Crippen LogP contribution is -1.94. The van der Waals surface area contributed by atoms with Crippen molar-refractivity contribution in [2.75, 3.05) is 19.6 Å². The fourth-order valence-corrected chi connectivity index (χ4v) is 3.98. The summed E-state index contributed by atoms with van der Waals surface area (Å²) in [5, 5.41) is 8.30. The van der Waals surface area contributed by atoms with Gasteiger partial charge in [0.15, 0.2) is 0 Å². The first-order chi connectivity index (χ1) is 14.1. The Labute approximate surface area is 173 Å². The van der Waals surface area contributed by atoms with Gasteiger partial charge in [-0.2, -0.15) is 5.10 Å². The Balaban J connectivity index is 1.56. The number of benzene rings is 2. The fraction of sp³-hybridized carbons (Fsp3) is 0.182. The summed E-state index contributed by atoms with van der Waals surface area (Å²) in [7, 11) is 5.34. The zero-order chi connectivity index (χ0) is 20.4. The molecule has 0 unspecified atom stereocenters. The number of aromatic nitrogens is 2. The number of fused-ring (bicyclic) bond motifs is 1. The molecule has 2 heterocycles. The van der Waals surface area contributed by atoms with Crippen molar-refractivity contribution in [3.05, 3.63) is 59.1 Å². The topological polar surface area (TPSA) is 60.7 Å².